The molecule has 0 atom stereocenters. The average molecular weight is 607 g/mol. The lowest BCUT2D eigenvalue weighted by Gasteiger charge is -2.10. The summed E-state index contributed by atoms with van der Waals surface area (Å²) in [5.74, 6) is 1.96. The molecule has 0 saturated carbocycles. The molecule has 216 valence electrons. The molecule has 0 unspecified atom stereocenters. The van der Waals surface area contributed by atoms with E-state index in [0.717, 1.165) is 22.3 Å². The number of nitrogens with zero attached hydrogens (tertiary/aromatic N) is 4. The Morgan fingerprint density at radius 1 is 0.370 bits per heavy atom. The second-order valence-electron chi connectivity index (χ2n) is 11.3. The van der Waals surface area contributed by atoms with Crippen molar-refractivity contribution in [3.63, 3.8) is 0 Å². The summed E-state index contributed by atoms with van der Waals surface area (Å²) in [4.78, 5) is 16.1. The smallest absolute Gasteiger partial charge is 0.164 e. The molecule has 0 aliphatic rings. The van der Waals surface area contributed by atoms with E-state index >= 15 is 0 Å². The molecule has 0 spiro atoms. The van der Waals surface area contributed by atoms with Crippen LogP contribution in [-0.2, 0) is 0 Å². The van der Waals surface area contributed by atoms with E-state index in [2.05, 4.69) is 126 Å². The first-order chi connectivity index (χ1) is 22.8. The van der Waals surface area contributed by atoms with Gasteiger partial charge in [-0.15, -0.1) is 11.3 Å². The molecule has 46 heavy (non-hydrogen) atoms. The molecule has 0 radical (unpaired) electrons. The number of hydrogen-bond acceptors (Lipinski definition) is 4. The fraction of sp³-hybridized carbons (Fsp3) is 0. The lowest BCUT2D eigenvalue weighted by Crippen LogP contribution is -2.00. The maximum atomic E-state index is 5.00. The van der Waals surface area contributed by atoms with Gasteiger partial charge in [-0.25, -0.2) is 15.0 Å². The Morgan fingerprint density at radius 3 is 1.43 bits per heavy atom. The number of aromatic nitrogens is 4. The maximum Gasteiger partial charge on any atom is 0.164 e. The largest absolute Gasteiger partial charge is 0.299 e. The molecule has 0 aliphatic heterocycles. The van der Waals surface area contributed by atoms with E-state index in [1.54, 1.807) is 0 Å². The summed E-state index contributed by atoms with van der Waals surface area (Å²) in [6.45, 7) is 0. The highest BCUT2D eigenvalue weighted by Gasteiger charge is 2.18. The van der Waals surface area contributed by atoms with Crippen LogP contribution in [0.2, 0.25) is 0 Å². The minimum Gasteiger partial charge on any atom is -0.299 e. The van der Waals surface area contributed by atoms with Gasteiger partial charge in [-0.2, -0.15) is 0 Å². The number of thiazole rings is 1. The summed E-state index contributed by atoms with van der Waals surface area (Å²) >= 11 is 1.84. The third kappa shape index (κ3) is 4.48. The average Bonchev–Trinajstić information content (AvgIpc) is 3.67. The third-order valence-electron chi connectivity index (χ3n) is 8.49. The second-order valence-corrected chi connectivity index (χ2v) is 12.3. The van der Waals surface area contributed by atoms with Gasteiger partial charge in [0.15, 0.2) is 17.5 Å². The van der Waals surface area contributed by atoms with Crippen LogP contribution in [0, 0.1) is 0 Å². The first-order valence-corrected chi connectivity index (χ1v) is 16.1. The van der Waals surface area contributed by atoms with Crippen LogP contribution in [0.4, 0.5) is 0 Å². The van der Waals surface area contributed by atoms with Crippen LogP contribution in [0.5, 0.6) is 0 Å². The molecule has 0 N–H and O–H groups in total. The Hall–Kier alpha value is -5.91. The van der Waals surface area contributed by atoms with E-state index in [1.807, 2.05) is 47.7 Å². The van der Waals surface area contributed by atoms with Crippen LogP contribution in [0.3, 0.4) is 0 Å². The Kier molecular flexibility index (Phi) is 6.28. The molecular weight excluding hydrogens is 581 g/mol. The summed E-state index contributed by atoms with van der Waals surface area (Å²) in [6.07, 6.45) is 0. The highest BCUT2D eigenvalue weighted by Crippen LogP contribution is 2.42. The normalized spacial score (nSPS) is 11.5. The number of hydrogen-bond donors (Lipinski definition) is 0. The van der Waals surface area contributed by atoms with Crippen LogP contribution in [0.25, 0.3) is 82.4 Å². The molecule has 3 aromatic heterocycles. The molecule has 0 saturated heterocycles. The minimum atomic E-state index is 0.649. The highest BCUT2D eigenvalue weighted by atomic mass is 32.1. The summed E-state index contributed by atoms with van der Waals surface area (Å²) in [5.41, 5.74) is 10.1. The Labute approximate surface area is 269 Å². The van der Waals surface area contributed by atoms with Crippen molar-refractivity contribution < 1.29 is 0 Å². The SMILES string of the molecule is c1ccc(-c2ccc(-c3nc(-c4ccccc4)nc(-c4ccc(-c5c6ccccc6n6c5sc5ccccc56)cc4)n3)cc2)cc1. The molecule has 6 aromatic carbocycles. The van der Waals surface area contributed by atoms with E-state index in [4.69, 9.17) is 15.0 Å². The van der Waals surface area contributed by atoms with Crippen molar-refractivity contribution in [1.82, 2.24) is 19.4 Å². The van der Waals surface area contributed by atoms with Gasteiger partial charge in [0.2, 0.25) is 0 Å². The molecule has 0 aliphatic carbocycles. The monoisotopic (exact) mass is 606 g/mol. The fourth-order valence-electron chi connectivity index (χ4n) is 6.24. The molecule has 0 amide bonds. The predicted molar refractivity (Wildman–Crippen MR) is 191 cm³/mol. The summed E-state index contributed by atoms with van der Waals surface area (Å²) in [5, 5.41) is 1.25. The van der Waals surface area contributed by atoms with Crippen molar-refractivity contribution >= 4 is 37.3 Å². The summed E-state index contributed by atoms with van der Waals surface area (Å²) in [6, 6.07) is 54.9. The molecule has 0 fully saturated rings. The van der Waals surface area contributed by atoms with Gasteiger partial charge in [0.1, 0.15) is 4.83 Å². The topological polar surface area (TPSA) is 43.1 Å². The van der Waals surface area contributed by atoms with Crippen molar-refractivity contribution in [1.29, 1.82) is 0 Å². The summed E-state index contributed by atoms with van der Waals surface area (Å²) in [7, 11) is 0. The first kappa shape index (κ1) is 26.5. The fourth-order valence-corrected chi connectivity index (χ4v) is 7.48. The molecule has 0 bridgehead atoms. The lowest BCUT2D eigenvalue weighted by molar-refractivity contribution is 1.07. The van der Waals surface area contributed by atoms with Crippen LogP contribution < -0.4 is 0 Å². The minimum absolute atomic E-state index is 0.649. The number of benzene rings is 6. The molecule has 9 aromatic rings. The third-order valence-corrected chi connectivity index (χ3v) is 9.64. The zero-order valence-electron chi connectivity index (χ0n) is 24.7. The Morgan fingerprint density at radius 2 is 0.804 bits per heavy atom. The van der Waals surface area contributed by atoms with Crippen molar-refractivity contribution in [2.24, 2.45) is 0 Å². The van der Waals surface area contributed by atoms with Gasteiger partial charge in [-0.1, -0.05) is 140 Å². The van der Waals surface area contributed by atoms with Crippen LogP contribution >= 0.6 is 11.3 Å². The van der Waals surface area contributed by atoms with Gasteiger partial charge in [0.25, 0.3) is 0 Å². The van der Waals surface area contributed by atoms with E-state index < -0.39 is 0 Å². The van der Waals surface area contributed by atoms with E-state index in [-0.39, 0.29) is 0 Å². The molecule has 3 heterocycles. The zero-order valence-corrected chi connectivity index (χ0v) is 25.5. The molecule has 4 nitrogen and oxygen atoms in total. The summed E-state index contributed by atoms with van der Waals surface area (Å²) < 4.78 is 3.68. The van der Waals surface area contributed by atoms with Gasteiger partial charge >= 0.3 is 0 Å². The van der Waals surface area contributed by atoms with E-state index in [9.17, 15) is 0 Å². The lowest BCUT2D eigenvalue weighted by atomic mass is 10.0. The van der Waals surface area contributed by atoms with E-state index in [1.165, 1.54) is 42.6 Å². The van der Waals surface area contributed by atoms with Crippen LogP contribution in [-0.4, -0.2) is 19.4 Å². The van der Waals surface area contributed by atoms with Gasteiger partial charge in [0, 0.05) is 27.6 Å². The second kappa shape index (κ2) is 10.9. The van der Waals surface area contributed by atoms with Gasteiger partial charge in [0.05, 0.1) is 15.7 Å². The number of para-hydroxylation sites is 2. The Bertz CT molecular complexity index is 2500. The molecule has 9 rings (SSSR count). The standard InChI is InChI=1S/C41H26N4S/c1-3-11-27(12-4-1)28-19-23-31(24-20-28)39-42-38(30-13-5-2-6-14-30)43-40(44-39)32-25-21-29(22-26-32)37-33-15-7-8-16-34(33)45-35-17-9-10-18-36(35)46-41(37)45/h1-26H. The van der Waals surface area contributed by atoms with Crippen molar-refractivity contribution in [3.05, 3.63) is 158 Å². The molecular formula is C41H26N4S. The number of fused-ring (bicyclic) bond motifs is 5. The van der Waals surface area contributed by atoms with Gasteiger partial charge in [-0.05, 0) is 34.9 Å². The van der Waals surface area contributed by atoms with Gasteiger partial charge < -0.3 is 0 Å². The Balaban J connectivity index is 1.15. The van der Waals surface area contributed by atoms with Crippen LogP contribution in [0.15, 0.2) is 158 Å². The quantitative estimate of drug-likeness (QED) is 0.196. The van der Waals surface area contributed by atoms with Crippen molar-refractivity contribution in [2.45, 2.75) is 0 Å². The van der Waals surface area contributed by atoms with Crippen molar-refractivity contribution in [3.8, 4) is 56.4 Å². The maximum absolute atomic E-state index is 5.00. The van der Waals surface area contributed by atoms with Gasteiger partial charge in [-0.3, -0.25) is 4.40 Å². The van der Waals surface area contributed by atoms with Crippen LogP contribution in [0.1, 0.15) is 0 Å². The highest BCUT2D eigenvalue weighted by molar-refractivity contribution is 7.24. The molecule has 5 heteroatoms. The number of rotatable bonds is 5. The predicted octanol–water partition coefficient (Wildman–Crippen LogP) is 10.8. The zero-order chi connectivity index (χ0) is 30.5. The van der Waals surface area contributed by atoms with E-state index in [0.29, 0.717) is 17.5 Å². The van der Waals surface area contributed by atoms with Crippen molar-refractivity contribution in [2.75, 3.05) is 0 Å². The first-order valence-electron chi connectivity index (χ1n) is 15.3.